The summed E-state index contributed by atoms with van der Waals surface area (Å²) in [5, 5.41) is 61.5. The van der Waals surface area contributed by atoms with Gasteiger partial charge in [-0.25, -0.2) is 0 Å². The molecule has 0 spiro atoms. The quantitative estimate of drug-likeness (QED) is 0.167. The molecule has 0 unspecified atom stereocenters. The summed E-state index contributed by atoms with van der Waals surface area (Å²) >= 11 is 0. The van der Waals surface area contributed by atoms with Crippen LogP contribution >= 0.6 is 0 Å². The molecule has 0 aliphatic rings. The van der Waals surface area contributed by atoms with Crippen molar-refractivity contribution in [3.63, 3.8) is 0 Å². The Kier molecular flexibility index (Phi) is 669. The zero-order chi connectivity index (χ0) is 16.2. The monoisotopic (exact) mass is 350 g/mol. The van der Waals surface area contributed by atoms with E-state index in [-0.39, 0.29) is 68.5 Å². The van der Waals surface area contributed by atoms with Crippen LogP contribution < -0.4 is 51.4 Å². The Labute approximate surface area is 165 Å². The summed E-state index contributed by atoms with van der Waals surface area (Å²) in [7, 11) is 0. The summed E-state index contributed by atoms with van der Waals surface area (Å²) in [5.41, 5.74) is 0. The Morgan fingerprint density at radius 2 is 0.650 bits per heavy atom. The van der Waals surface area contributed by atoms with Gasteiger partial charge in [-0.15, -0.1) is 0 Å². The van der Waals surface area contributed by atoms with Gasteiger partial charge in [-0.1, -0.05) is 0 Å². The van der Waals surface area contributed by atoms with Gasteiger partial charge in [0.15, 0.2) is 0 Å². The number of aliphatic hydroxyl groups excluding tert-OH is 3. The molecule has 0 saturated heterocycles. The molecule has 0 amide bonds. The molecule has 0 aromatic rings. The average Bonchev–Trinajstić information content (AvgIpc) is 2.23. The second-order valence-corrected chi connectivity index (χ2v) is 0.574. The molecule has 0 aromatic heterocycles. The van der Waals surface area contributed by atoms with Gasteiger partial charge < -0.3 is 31.5 Å². The molecule has 0 atom stereocenters. The molecule has 0 fully saturated rings. The van der Waals surface area contributed by atoms with Crippen molar-refractivity contribution in [1.82, 2.24) is 0 Å². The number of nitriles is 3. The van der Waals surface area contributed by atoms with Crippen LogP contribution in [0.15, 0.2) is 0 Å². The van der Waals surface area contributed by atoms with Crippen LogP contribution in [0.4, 0.5) is 0 Å². The van der Waals surface area contributed by atoms with Crippen molar-refractivity contribution in [2.45, 2.75) is 0 Å². The van der Waals surface area contributed by atoms with Gasteiger partial charge in [0.2, 0.25) is 0 Å². The Morgan fingerprint density at radius 3 is 0.650 bits per heavy atom. The third kappa shape index (κ3) is 1110. The Morgan fingerprint density at radius 1 is 0.650 bits per heavy atom. The molecule has 0 heterocycles. The van der Waals surface area contributed by atoms with Crippen LogP contribution in [0.3, 0.4) is 0 Å². The first-order chi connectivity index (χ1) is 8.49. The van der Waals surface area contributed by atoms with Crippen LogP contribution in [-0.2, 0) is 31.5 Å². The van der Waals surface area contributed by atoms with Crippen LogP contribution in [0.5, 0.6) is 0 Å². The zero-order valence-electron chi connectivity index (χ0n) is 9.60. The summed E-state index contributed by atoms with van der Waals surface area (Å²) in [6, 6.07) is 0. The molecule has 0 aromatic carbocycles. The van der Waals surface area contributed by atoms with E-state index >= 15 is 0 Å². The molecule has 14 heteroatoms. The third-order valence-corrected chi connectivity index (χ3v) is 0. The van der Waals surface area contributed by atoms with E-state index in [0.717, 1.165) is 18.8 Å². The fourth-order valence-electron chi connectivity index (χ4n) is 0. The Hall–Kier alpha value is -1.83. The van der Waals surface area contributed by atoms with Crippen LogP contribution in [-0.4, -0.2) is 33.6 Å². The topological polar surface area (TPSA) is 250 Å². The molecular weight excluding hydrogens is 347 g/mol. The number of hydrogen-bond donors (Lipinski definition) is 3. The molecule has 0 bridgehead atoms. The van der Waals surface area contributed by atoms with Gasteiger partial charge in [-0.2, -0.15) is 15.8 Å². The normalized spacial score (nSPS) is 2.25. The number of nitrogens with zero attached hydrogens (tertiary/aromatic N) is 6. The molecular formula is C6H3FeKN6O6. The van der Waals surface area contributed by atoms with Crippen LogP contribution in [0.1, 0.15) is 0 Å². The van der Waals surface area contributed by atoms with E-state index in [1.165, 1.54) is 0 Å². The van der Waals surface area contributed by atoms with Crippen molar-refractivity contribution in [1.29, 1.82) is 15.8 Å². The molecule has 12 nitrogen and oxygen atoms in total. The van der Waals surface area contributed by atoms with E-state index in [4.69, 9.17) is 61.7 Å². The van der Waals surface area contributed by atoms with Crippen molar-refractivity contribution >= 4 is 18.2 Å². The number of isocyanates is 3. The molecule has 3 N–H and O–H groups in total. The first kappa shape index (κ1) is 51.8. The summed E-state index contributed by atoms with van der Waals surface area (Å²) in [6.07, 6.45) is 3.75. The van der Waals surface area contributed by atoms with Gasteiger partial charge >= 0.3 is 68.5 Å². The molecule has 0 aliphatic heterocycles. The van der Waals surface area contributed by atoms with Crippen molar-refractivity contribution in [2.24, 2.45) is 0 Å². The molecule has 0 rings (SSSR count). The van der Waals surface area contributed by atoms with Crippen LogP contribution in [0.25, 0.3) is 16.2 Å². The molecule has 102 valence electrons. The van der Waals surface area contributed by atoms with Crippen molar-refractivity contribution in [3.8, 4) is 18.8 Å². The summed E-state index contributed by atoms with van der Waals surface area (Å²) < 4.78 is 0. The molecule has 0 radical (unpaired) electrons. The minimum atomic E-state index is 0. The van der Waals surface area contributed by atoms with Gasteiger partial charge in [-0.05, 0) is 18.2 Å². The van der Waals surface area contributed by atoms with Crippen molar-refractivity contribution in [3.05, 3.63) is 16.2 Å². The van der Waals surface area contributed by atoms with E-state index < -0.39 is 0 Å². The van der Waals surface area contributed by atoms with Crippen LogP contribution in [0.2, 0.25) is 0 Å². The summed E-state index contributed by atoms with van der Waals surface area (Å²) in [6.45, 7) is 0. The Bertz CT molecular complexity index is 297. The number of hydrogen-bond acceptors (Lipinski definition) is 9. The number of aliphatic hydroxyl groups is 3. The van der Waals surface area contributed by atoms with E-state index in [9.17, 15) is 0 Å². The third-order valence-electron chi connectivity index (χ3n) is 0. The van der Waals surface area contributed by atoms with Gasteiger partial charge in [-0.3, -0.25) is 14.4 Å². The van der Waals surface area contributed by atoms with E-state index in [1.54, 1.807) is 0 Å². The number of rotatable bonds is 0. The second kappa shape index (κ2) is 258. The predicted octanol–water partition coefficient (Wildman–Crippen LogP) is -3.80. The standard InChI is InChI=1S/3CHNO.3CNO.Fe.K/c6*2-1-3;;/h3*3H;;;;;/q;;;3*-1;+2;+1. The maximum atomic E-state index is 8.24. The zero-order valence-corrected chi connectivity index (χ0v) is 13.8. The Balaban J connectivity index is -0.0000000141. The summed E-state index contributed by atoms with van der Waals surface area (Å²) in [4.78, 5) is 24.7. The maximum absolute atomic E-state index is 8.24. The molecule has 0 aliphatic carbocycles. The minimum absolute atomic E-state index is 0. The van der Waals surface area contributed by atoms with E-state index in [1.807, 2.05) is 0 Å². The van der Waals surface area contributed by atoms with Gasteiger partial charge in [0, 0.05) is 0 Å². The van der Waals surface area contributed by atoms with Crippen LogP contribution in [0, 0.1) is 34.6 Å². The van der Waals surface area contributed by atoms with E-state index in [0.29, 0.717) is 18.2 Å². The SMILES string of the molecule is N#CO.N#CO.N#CO.[Fe+2].[K+].[N-]=C=O.[N-]=C=O.[N-]=C=O. The fourth-order valence-corrected chi connectivity index (χ4v) is 0. The van der Waals surface area contributed by atoms with Crippen molar-refractivity contribution in [2.75, 3.05) is 0 Å². The fraction of sp³-hybridized carbons (Fsp3) is 0. The van der Waals surface area contributed by atoms with Gasteiger partial charge in [0.25, 0.3) is 18.8 Å². The molecule has 0 saturated carbocycles. The van der Waals surface area contributed by atoms with Gasteiger partial charge in [0.05, 0.1) is 0 Å². The van der Waals surface area contributed by atoms with E-state index in [2.05, 4.69) is 0 Å². The molecule has 20 heavy (non-hydrogen) atoms. The minimum Gasteiger partial charge on any atom is -0.724 e. The maximum Gasteiger partial charge on any atom is 2.00 e. The van der Waals surface area contributed by atoms with Crippen molar-refractivity contribution < 1.29 is 98.2 Å². The largest absolute Gasteiger partial charge is 2.00 e. The average molecular weight is 350 g/mol. The second-order valence-electron chi connectivity index (χ2n) is 0.574. The number of carbonyl (C=O) groups excluding carboxylic acids is 3. The van der Waals surface area contributed by atoms with Gasteiger partial charge in [0.1, 0.15) is 0 Å². The first-order valence-corrected chi connectivity index (χ1v) is 2.62. The first-order valence-electron chi connectivity index (χ1n) is 2.62. The smallest absolute Gasteiger partial charge is 0.724 e. The predicted molar refractivity (Wildman–Crippen MR) is 49.8 cm³/mol. The summed E-state index contributed by atoms with van der Waals surface area (Å²) in [5.74, 6) is 0.